The molecule has 33 heavy (non-hydrogen) atoms. The average Bonchev–Trinajstić information content (AvgIpc) is 3.43. The Balaban J connectivity index is 1.41. The lowest BCUT2D eigenvalue weighted by molar-refractivity contribution is -0.119. The summed E-state index contributed by atoms with van der Waals surface area (Å²) in [5.41, 5.74) is 9.45. The number of rotatable bonds is 5. The molecule has 3 N–H and O–H groups in total. The second kappa shape index (κ2) is 8.86. The Morgan fingerprint density at radius 2 is 1.94 bits per heavy atom. The summed E-state index contributed by atoms with van der Waals surface area (Å²) in [7, 11) is 0. The first kappa shape index (κ1) is 21.4. The molecule has 1 amide bonds. The van der Waals surface area contributed by atoms with Crippen molar-refractivity contribution in [1.82, 2.24) is 29.7 Å². The second-order valence-corrected chi connectivity index (χ2v) is 9.38. The molecule has 170 valence electrons. The van der Waals surface area contributed by atoms with Crippen molar-refractivity contribution in [2.24, 2.45) is 0 Å². The summed E-state index contributed by atoms with van der Waals surface area (Å²) < 4.78 is 17.1. The largest absolute Gasteiger partial charge is 0.396 e. The van der Waals surface area contributed by atoms with Crippen LogP contribution in [0.2, 0.25) is 0 Å². The smallest absolute Gasteiger partial charge is 0.217 e. The van der Waals surface area contributed by atoms with Gasteiger partial charge in [0.25, 0.3) is 0 Å². The molecular formula is C23H24FN7OS. The van der Waals surface area contributed by atoms with E-state index in [1.807, 2.05) is 23.1 Å². The van der Waals surface area contributed by atoms with Gasteiger partial charge in [-0.2, -0.15) is 10.2 Å². The van der Waals surface area contributed by atoms with E-state index in [1.54, 1.807) is 23.7 Å². The van der Waals surface area contributed by atoms with Crippen LogP contribution in [0.3, 0.4) is 0 Å². The number of pyridine rings is 2. The lowest BCUT2D eigenvalue weighted by Gasteiger charge is -2.28. The lowest BCUT2D eigenvalue weighted by Crippen LogP contribution is -2.36. The van der Waals surface area contributed by atoms with E-state index in [2.05, 4.69) is 26.7 Å². The van der Waals surface area contributed by atoms with Gasteiger partial charge in [0.05, 0.1) is 30.3 Å². The Morgan fingerprint density at radius 3 is 2.67 bits per heavy atom. The van der Waals surface area contributed by atoms with E-state index in [-0.39, 0.29) is 17.8 Å². The van der Waals surface area contributed by atoms with E-state index < -0.39 is 0 Å². The Labute approximate surface area is 194 Å². The van der Waals surface area contributed by atoms with Crippen molar-refractivity contribution >= 4 is 28.9 Å². The summed E-state index contributed by atoms with van der Waals surface area (Å²) in [6, 6.07) is 5.63. The third-order valence-corrected chi connectivity index (χ3v) is 6.91. The van der Waals surface area contributed by atoms with Crippen LogP contribution in [0, 0.1) is 5.82 Å². The number of carbonyl (C=O) groups is 1. The van der Waals surface area contributed by atoms with Gasteiger partial charge in [0.2, 0.25) is 5.91 Å². The maximum Gasteiger partial charge on any atom is 0.217 e. The van der Waals surface area contributed by atoms with Crippen LogP contribution in [-0.4, -0.2) is 36.3 Å². The zero-order valence-electron chi connectivity index (χ0n) is 18.1. The molecule has 1 aliphatic rings. The molecule has 0 bridgehead atoms. The highest BCUT2D eigenvalue weighted by Gasteiger charge is 2.23. The van der Waals surface area contributed by atoms with Gasteiger partial charge in [-0.1, -0.05) is 11.8 Å². The molecule has 1 aliphatic carbocycles. The number of carbonyl (C=O) groups excluding carboxylic acids is 1. The zero-order chi connectivity index (χ0) is 22.9. The van der Waals surface area contributed by atoms with Crippen LogP contribution >= 0.6 is 11.8 Å². The first-order chi connectivity index (χ1) is 16.0. The molecule has 0 spiro atoms. The first-order valence-corrected chi connectivity index (χ1v) is 11.7. The van der Waals surface area contributed by atoms with Crippen LogP contribution in [0.4, 0.5) is 10.1 Å². The molecule has 4 aromatic heterocycles. The normalized spacial score (nSPS) is 18.5. The minimum atomic E-state index is -0.374. The molecule has 0 unspecified atom stereocenters. The molecule has 10 heteroatoms. The quantitative estimate of drug-likeness (QED) is 0.460. The van der Waals surface area contributed by atoms with Crippen LogP contribution in [0.5, 0.6) is 0 Å². The van der Waals surface area contributed by atoms with Crippen molar-refractivity contribution in [1.29, 1.82) is 0 Å². The number of nitrogen functional groups attached to an aromatic ring is 1. The number of nitrogens with two attached hydrogens (primary N) is 1. The summed E-state index contributed by atoms with van der Waals surface area (Å²) in [5, 5.41) is 12.7. The van der Waals surface area contributed by atoms with Crippen LogP contribution in [0.25, 0.3) is 16.6 Å². The van der Waals surface area contributed by atoms with Crippen molar-refractivity contribution in [2.75, 3.05) is 5.73 Å². The van der Waals surface area contributed by atoms with Gasteiger partial charge in [-0.05, 0) is 43.9 Å². The molecule has 0 radical (unpaired) electrons. The Kier molecular flexibility index (Phi) is 5.76. The summed E-state index contributed by atoms with van der Waals surface area (Å²) in [4.78, 5) is 16.4. The van der Waals surface area contributed by atoms with Crippen LogP contribution in [0.1, 0.15) is 38.6 Å². The molecule has 8 nitrogen and oxygen atoms in total. The van der Waals surface area contributed by atoms with Gasteiger partial charge >= 0.3 is 0 Å². The Hall–Kier alpha value is -3.40. The van der Waals surface area contributed by atoms with Crippen LogP contribution in [0.15, 0.2) is 59.1 Å². The number of nitrogens with one attached hydrogen (secondary N) is 1. The summed E-state index contributed by atoms with van der Waals surface area (Å²) in [5.74, 6) is -0.348. The fourth-order valence-electron chi connectivity index (χ4n) is 4.34. The summed E-state index contributed by atoms with van der Waals surface area (Å²) >= 11 is 1.41. The molecular weight excluding hydrogens is 441 g/mol. The van der Waals surface area contributed by atoms with Gasteiger partial charge in [-0.15, -0.1) is 0 Å². The van der Waals surface area contributed by atoms with Gasteiger partial charge in [-0.3, -0.25) is 9.48 Å². The fraction of sp³-hybridized carbons (Fsp3) is 0.304. The lowest BCUT2D eigenvalue weighted by atomic mass is 9.91. The third kappa shape index (κ3) is 4.56. The van der Waals surface area contributed by atoms with Gasteiger partial charge in [0.15, 0.2) is 0 Å². The predicted octanol–water partition coefficient (Wildman–Crippen LogP) is 4.09. The SMILES string of the molecule is CC(=O)NC1CCC(n2cc(-c3cc(Sc4ccc(F)cn4)c4c(N)cnn4c3)cn2)CC1. The van der Waals surface area contributed by atoms with E-state index >= 15 is 0 Å². The Morgan fingerprint density at radius 1 is 1.12 bits per heavy atom. The van der Waals surface area contributed by atoms with E-state index in [4.69, 9.17) is 5.73 Å². The molecule has 0 aromatic carbocycles. The summed E-state index contributed by atoms with van der Waals surface area (Å²) in [6.45, 7) is 1.56. The van der Waals surface area contributed by atoms with Crippen LogP contribution < -0.4 is 11.1 Å². The molecule has 0 aliphatic heterocycles. The van der Waals surface area contributed by atoms with Crippen LogP contribution in [-0.2, 0) is 4.79 Å². The maximum atomic E-state index is 13.3. The minimum absolute atomic E-state index is 0.0268. The van der Waals surface area contributed by atoms with Gasteiger partial charge < -0.3 is 11.1 Å². The number of anilines is 1. The van der Waals surface area contributed by atoms with Gasteiger partial charge in [0.1, 0.15) is 16.4 Å². The number of hydrogen-bond acceptors (Lipinski definition) is 6. The van der Waals surface area contributed by atoms with E-state index in [9.17, 15) is 9.18 Å². The standard InChI is InChI=1S/C23H24FN7OS/c1-14(32)29-18-3-5-19(6-4-18)30-13-16(9-27-30)15-8-21(23-20(25)11-28-31(23)12-15)33-22-7-2-17(24)10-26-22/h2,7-13,18-19H,3-6,25H2,1H3,(H,29,32). The average molecular weight is 466 g/mol. The van der Waals surface area contributed by atoms with Crippen molar-refractivity contribution in [3.05, 3.63) is 55.0 Å². The molecule has 4 heterocycles. The maximum absolute atomic E-state index is 13.3. The van der Waals surface area contributed by atoms with E-state index in [1.165, 1.54) is 24.0 Å². The highest BCUT2D eigenvalue weighted by atomic mass is 32.2. The molecule has 5 rings (SSSR count). The highest BCUT2D eigenvalue weighted by Crippen LogP contribution is 2.36. The fourth-order valence-corrected chi connectivity index (χ4v) is 5.30. The minimum Gasteiger partial charge on any atom is -0.396 e. The third-order valence-electron chi connectivity index (χ3n) is 5.93. The number of aromatic nitrogens is 5. The van der Waals surface area contributed by atoms with Crippen molar-refractivity contribution in [2.45, 2.75) is 54.6 Å². The second-order valence-electron chi connectivity index (χ2n) is 8.32. The summed E-state index contributed by atoms with van der Waals surface area (Å²) in [6.07, 6.45) is 12.5. The number of fused-ring (bicyclic) bond motifs is 1. The van der Waals surface area contributed by atoms with Gasteiger partial charge in [-0.25, -0.2) is 13.9 Å². The van der Waals surface area contributed by atoms with Gasteiger partial charge in [0, 0.05) is 41.4 Å². The van der Waals surface area contributed by atoms with Crippen molar-refractivity contribution < 1.29 is 9.18 Å². The topological polar surface area (TPSA) is 103 Å². The molecule has 0 atom stereocenters. The van der Waals surface area contributed by atoms with Crippen molar-refractivity contribution in [3.63, 3.8) is 0 Å². The number of amides is 1. The monoisotopic (exact) mass is 465 g/mol. The number of hydrogen-bond donors (Lipinski definition) is 2. The highest BCUT2D eigenvalue weighted by molar-refractivity contribution is 7.99. The molecule has 1 saturated carbocycles. The number of nitrogens with zero attached hydrogens (tertiary/aromatic N) is 5. The van der Waals surface area contributed by atoms with E-state index in [0.29, 0.717) is 16.8 Å². The molecule has 0 saturated heterocycles. The van der Waals surface area contributed by atoms with Crippen molar-refractivity contribution in [3.8, 4) is 11.1 Å². The predicted molar refractivity (Wildman–Crippen MR) is 124 cm³/mol. The molecule has 4 aromatic rings. The van der Waals surface area contributed by atoms with E-state index in [0.717, 1.165) is 47.2 Å². The zero-order valence-corrected chi connectivity index (χ0v) is 18.9. The molecule has 1 fully saturated rings. The number of halogens is 1. The first-order valence-electron chi connectivity index (χ1n) is 10.8. The Bertz CT molecular complexity index is 1290.